The Hall–Kier alpha value is -8.99. The van der Waals surface area contributed by atoms with Crippen LogP contribution in [0.15, 0.2) is 241 Å². The molecule has 350 valence electrons. The maximum atomic E-state index is 8.59. The number of fused-ring (bicyclic) bond motifs is 3. The SMILES string of the molecule is [2H]C([2H])([2H])c1cc(-c2ccccc2)ncc1CCc1cc(CCc2cnc(-c3ccccc3)cc2C([2H])([2H])[2H])cc(-c2ccc3c(oc4ccccc43)c2-c2ccc(-c3cccc(-c4ccc(-c5ccccc5)cc4)c3)nc2)c1. The molecule has 0 saturated carbocycles. The average molecular weight is 946 g/mol. The topological polar surface area (TPSA) is 51.8 Å². The molecule has 4 nitrogen and oxygen atoms in total. The highest BCUT2D eigenvalue weighted by atomic mass is 16.3. The molecular weight excluding hydrogens is 887 g/mol. The van der Waals surface area contributed by atoms with Crippen LogP contribution in [0.3, 0.4) is 0 Å². The third kappa shape index (κ3) is 9.51. The van der Waals surface area contributed by atoms with Crippen molar-refractivity contribution in [2.24, 2.45) is 0 Å². The first kappa shape index (κ1) is 38.7. The van der Waals surface area contributed by atoms with Gasteiger partial charge < -0.3 is 4.42 Å². The Kier molecular flexibility index (Phi) is 10.6. The van der Waals surface area contributed by atoms with Gasteiger partial charge >= 0.3 is 0 Å². The van der Waals surface area contributed by atoms with Gasteiger partial charge in [-0.1, -0.05) is 182 Å². The molecule has 12 aromatic rings. The lowest BCUT2D eigenvalue weighted by molar-refractivity contribution is 0.670. The number of nitrogens with zero attached hydrogens (tertiary/aromatic N) is 3. The van der Waals surface area contributed by atoms with E-state index in [2.05, 4.69) is 121 Å². The summed E-state index contributed by atoms with van der Waals surface area (Å²) in [5.74, 6) is 0. The van der Waals surface area contributed by atoms with Crippen LogP contribution in [-0.2, 0) is 25.7 Å². The highest BCUT2D eigenvalue weighted by molar-refractivity contribution is 6.12. The van der Waals surface area contributed by atoms with Crippen LogP contribution in [0.5, 0.6) is 0 Å². The summed E-state index contributed by atoms with van der Waals surface area (Å²) >= 11 is 0. The zero-order valence-electron chi connectivity index (χ0n) is 46.1. The van der Waals surface area contributed by atoms with Gasteiger partial charge in [0.25, 0.3) is 0 Å². The van der Waals surface area contributed by atoms with Gasteiger partial charge in [0.05, 0.1) is 17.1 Å². The van der Waals surface area contributed by atoms with Crippen molar-refractivity contribution < 1.29 is 12.6 Å². The van der Waals surface area contributed by atoms with Crippen molar-refractivity contribution in [3.05, 3.63) is 270 Å². The third-order valence-electron chi connectivity index (χ3n) is 13.9. The van der Waals surface area contributed by atoms with E-state index in [0.29, 0.717) is 48.2 Å². The summed E-state index contributed by atoms with van der Waals surface area (Å²) in [4.78, 5) is 14.7. The largest absolute Gasteiger partial charge is 0.455 e. The van der Waals surface area contributed by atoms with Crippen molar-refractivity contribution in [2.45, 2.75) is 39.4 Å². The predicted octanol–water partition coefficient (Wildman–Crippen LogP) is 17.6. The Bertz CT molecular complexity index is 4010. The van der Waals surface area contributed by atoms with Crippen molar-refractivity contribution >= 4 is 21.9 Å². The highest BCUT2D eigenvalue weighted by Gasteiger charge is 2.20. The molecule has 0 N–H and O–H groups in total. The van der Waals surface area contributed by atoms with E-state index in [4.69, 9.17) is 27.6 Å². The molecule has 8 aromatic carbocycles. The van der Waals surface area contributed by atoms with E-state index >= 15 is 0 Å². The number of aryl methyl sites for hydroxylation is 6. The molecule has 4 aromatic heterocycles. The van der Waals surface area contributed by atoms with Gasteiger partial charge in [0.15, 0.2) is 0 Å². The number of hydrogen-bond acceptors (Lipinski definition) is 4. The molecule has 73 heavy (non-hydrogen) atoms. The average Bonchev–Trinajstić information content (AvgIpc) is 3.96. The number of para-hydroxylation sites is 1. The number of rotatable bonds is 13. The van der Waals surface area contributed by atoms with E-state index in [9.17, 15) is 0 Å². The first-order valence-electron chi connectivity index (χ1n) is 27.8. The highest BCUT2D eigenvalue weighted by Crippen LogP contribution is 2.43. The summed E-state index contributed by atoms with van der Waals surface area (Å²) in [7, 11) is 0. The molecule has 0 aliphatic rings. The molecule has 4 heteroatoms. The molecule has 12 rings (SSSR count). The Balaban J connectivity index is 0.938. The van der Waals surface area contributed by atoms with Gasteiger partial charge in [0, 0.05) is 65.4 Å². The molecule has 0 atom stereocenters. The number of aromatic nitrogens is 3. The van der Waals surface area contributed by atoms with Crippen molar-refractivity contribution in [1.82, 2.24) is 15.0 Å². The summed E-state index contributed by atoms with van der Waals surface area (Å²) < 4.78 is 58.4. The lowest BCUT2D eigenvalue weighted by atomic mass is 9.89. The fraction of sp³-hybridized carbons (Fsp3) is 0.0870. The predicted molar refractivity (Wildman–Crippen MR) is 302 cm³/mol. The Labute approximate surface area is 435 Å². The maximum absolute atomic E-state index is 8.59. The third-order valence-corrected chi connectivity index (χ3v) is 13.9. The lowest BCUT2D eigenvalue weighted by Gasteiger charge is -2.16. The van der Waals surface area contributed by atoms with E-state index < -0.39 is 13.7 Å². The van der Waals surface area contributed by atoms with Gasteiger partial charge in [-0.3, -0.25) is 15.0 Å². The van der Waals surface area contributed by atoms with Crippen LogP contribution in [-0.4, -0.2) is 15.0 Å². The van der Waals surface area contributed by atoms with Gasteiger partial charge in [0.2, 0.25) is 0 Å². The molecule has 0 spiro atoms. The molecule has 0 fully saturated rings. The van der Waals surface area contributed by atoms with Crippen molar-refractivity contribution in [2.75, 3.05) is 0 Å². The number of benzene rings is 8. The molecule has 0 saturated heterocycles. The van der Waals surface area contributed by atoms with E-state index in [1.165, 1.54) is 11.1 Å². The zero-order valence-corrected chi connectivity index (χ0v) is 40.1. The van der Waals surface area contributed by atoms with Crippen LogP contribution in [0.2, 0.25) is 0 Å². The summed E-state index contributed by atoms with van der Waals surface area (Å²) in [6.07, 6.45) is 7.22. The molecule has 0 aliphatic heterocycles. The molecule has 0 amide bonds. The van der Waals surface area contributed by atoms with Crippen molar-refractivity contribution in [3.63, 3.8) is 0 Å². The second-order valence-corrected chi connectivity index (χ2v) is 18.6. The van der Waals surface area contributed by atoms with E-state index in [0.717, 1.165) is 88.8 Å². The minimum absolute atomic E-state index is 0.277. The van der Waals surface area contributed by atoms with Crippen LogP contribution in [0, 0.1) is 13.7 Å². The zero-order chi connectivity index (χ0) is 54.1. The summed E-state index contributed by atoms with van der Waals surface area (Å²) in [5, 5.41) is 1.99. The van der Waals surface area contributed by atoms with Gasteiger partial charge in [-0.2, -0.15) is 0 Å². The van der Waals surface area contributed by atoms with Gasteiger partial charge in [-0.05, 0) is 143 Å². The summed E-state index contributed by atoms with van der Waals surface area (Å²) in [6.45, 7) is -4.73. The quantitative estimate of drug-likeness (QED) is 0.116. The van der Waals surface area contributed by atoms with Crippen molar-refractivity contribution in [1.29, 1.82) is 0 Å². The normalized spacial score (nSPS) is 12.9. The second-order valence-electron chi connectivity index (χ2n) is 18.6. The van der Waals surface area contributed by atoms with Crippen LogP contribution >= 0.6 is 0 Å². The smallest absolute Gasteiger partial charge is 0.143 e. The number of furan rings is 1. The Morgan fingerprint density at radius 2 is 0.877 bits per heavy atom. The molecule has 0 radical (unpaired) electrons. The standard InChI is InChI=1S/C69H53N3O/c1-46-37-65(53-17-8-4-9-18-53)71-43-57(46)27-25-48-39-49(26-28-58-44-72-66(38-47(58)2)54-19-10-5-11-20-54)41-60(40-48)61-34-35-63-62-23-12-13-24-67(62)73-69(63)68(61)59-33-36-64(70-45-59)56-22-14-21-55(42-56)52-31-29-51(30-32-52)50-15-6-3-7-16-50/h3-24,29-45H,25-28H2,1-2H3/i1D3,2D3. The second kappa shape index (κ2) is 20.0. The Morgan fingerprint density at radius 1 is 0.356 bits per heavy atom. The van der Waals surface area contributed by atoms with E-state index in [1.807, 2.05) is 91.1 Å². The monoisotopic (exact) mass is 945 g/mol. The first-order chi connectivity index (χ1) is 38.4. The fourth-order valence-corrected chi connectivity index (χ4v) is 10.0. The minimum Gasteiger partial charge on any atom is -0.455 e. The maximum Gasteiger partial charge on any atom is 0.143 e. The van der Waals surface area contributed by atoms with Crippen LogP contribution in [0.1, 0.15) is 41.6 Å². The minimum atomic E-state index is -2.36. The molecule has 0 aliphatic carbocycles. The first-order valence-corrected chi connectivity index (χ1v) is 24.8. The van der Waals surface area contributed by atoms with Gasteiger partial charge in [-0.15, -0.1) is 0 Å². The molecule has 0 unspecified atom stereocenters. The summed E-state index contributed by atoms with van der Waals surface area (Å²) in [5.41, 5.74) is 18.3. The lowest BCUT2D eigenvalue weighted by Crippen LogP contribution is -2.01. The molecule has 0 bridgehead atoms. The molecular formula is C69H53N3O. The van der Waals surface area contributed by atoms with E-state index in [-0.39, 0.29) is 11.1 Å². The fourth-order valence-electron chi connectivity index (χ4n) is 10.0. The van der Waals surface area contributed by atoms with Crippen LogP contribution in [0.4, 0.5) is 0 Å². The van der Waals surface area contributed by atoms with Gasteiger partial charge in [-0.25, -0.2) is 0 Å². The number of hydrogen-bond donors (Lipinski definition) is 0. The van der Waals surface area contributed by atoms with Crippen LogP contribution in [0.25, 0.3) is 100 Å². The molecule has 4 heterocycles. The van der Waals surface area contributed by atoms with Crippen LogP contribution < -0.4 is 0 Å². The van der Waals surface area contributed by atoms with Gasteiger partial charge in [0.1, 0.15) is 11.2 Å². The summed E-state index contributed by atoms with van der Waals surface area (Å²) in [6, 6.07) is 73.2. The van der Waals surface area contributed by atoms with E-state index in [1.54, 1.807) is 24.5 Å². The number of pyridine rings is 3. The Morgan fingerprint density at radius 3 is 1.48 bits per heavy atom. The van der Waals surface area contributed by atoms with Crippen molar-refractivity contribution in [3.8, 4) is 78.3 Å².